The number of aromatic amines is 2. The molecule has 16 heterocycles. The van der Waals surface area contributed by atoms with E-state index >= 15 is 22.8 Å². The summed E-state index contributed by atoms with van der Waals surface area (Å²) in [6.07, 6.45) is -3.31. The lowest BCUT2D eigenvalue weighted by Crippen LogP contribution is -2.50. The molecular formula is C76H115N34O28P6+3. The van der Waals surface area contributed by atoms with Crippen molar-refractivity contribution >= 4 is 116 Å². The number of nitrogens with one attached hydrogen (secondary N) is 2. The molecule has 18 unspecified atom stereocenters. The Balaban J connectivity index is 0.617. The molecule has 0 saturated carbocycles. The highest BCUT2D eigenvalue weighted by Crippen LogP contribution is 2.59. The Kier molecular flexibility index (Phi) is 34.7. The summed E-state index contributed by atoms with van der Waals surface area (Å²) in [6.45, 7) is -1.88. The summed E-state index contributed by atoms with van der Waals surface area (Å²) in [7, 11) is -10.6. The number of morpholine rings is 6. The summed E-state index contributed by atoms with van der Waals surface area (Å²) in [5.74, 6) is -0.257. The average molecular weight is 2140 g/mol. The van der Waals surface area contributed by atoms with Crippen LogP contribution in [0.4, 0.5) is 34.0 Å². The standard InChI is InChI=1S/C76H112N34O28P6/c1-47-23-107(75(116)93-70(47)112)57-31-100(140(119)129-38-52-28-103(35-61(137-52)110-46-88-64-69(110)91-72(81)92-71(64)113)143(122,95(4)5)130-39-48-24-97(8)30-56(133-48)105-11-9-54(77)89-73(105)114)25-49(134-57)36-128-141(120)101-26-50(135-58(32-101)108-44-86-62-65(79)82-42-84-67(62)108)40-131-144(123,96(6)7)104-29-53(138-60(34-104)109-45-87-63-66(80)83-43-85-68(63)109)41-132-142(121,94(2)3)102-27-51(136-59(33-102)106-12-10-55(78)90-74(106)115)37-127-139(118)99-15-13-98(14-16-99)76(117)126-22-21-125-20-19-124-18-17-111/h9-12,23,42-46,48-53,56-61,111H,13-22,24-41H2,1-8H3,(H9-3,77,78,79,80,81,82,83,84,85,89,90,91,92,93,112,113,114,115,116)/p+3. The van der Waals surface area contributed by atoms with E-state index in [1.54, 1.807) is 23.3 Å². The number of ether oxygens (including phenoxy) is 9. The minimum Gasteiger partial charge on any atom is -0.447 e. The van der Waals surface area contributed by atoms with Crippen LogP contribution in [0.5, 0.6) is 0 Å². The summed E-state index contributed by atoms with van der Waals surface area (Å²) >= 11 is 0. The summed E-state index contributed by atoms with van der Waals surface area (Å²) in [4.78, 5) is 130. The fourth-order valence-corrected chi connectivity index (χ4v) is 26.1. The van der Waals surface area contributed by atoms with Crippen molar-refractivity contribution in [2.24, 2.45) is 0 Å². The summed E-state index contributed by atoms with van der Waals surface area (Å²) in [5, 5.41) is 8.91. The lowest BCUT2D eigenvalue weighted by atomic mass is 10.3. The fraction of sp³-hybridized carbons (Fsp3) is 0.632. The number of piperazine rings is 1. The predicted octanol–water partition coefficient (Wildman–Crippen LogP) is -1.23. The van der Waals surface area contributed by atoms with Crippen molar-refractivity contribution in [1.82, 2.24) is 139 Å². The minimum atomic E-state index is -4.43. The number of hydrogen-bond acceptors (Lipinski definition) is 44. The Morgan fingerprint density at radius 2 is 0.847 bits per heavy atom. The van der Waals surface area contributed by atoms with Crippen molar-refractivity contribution in [3.63, 3.8) is 0 Å². The molecule has 7 aliphatic heterocycles. The van der Waals surface area contributed by atoms with Gasteiger partial charge in [0, 0.05) is 70.0 Å². The minimum absolute atomic E-state index is 0.000888. The first kappa shape index (κ1) is 107. The van der Waals surface area contributed by atoms with Gasteiger partial charge in [-0.05, 0) is 82.1 Å². The zero-order valence-corrected chi connectivity index (χ0v) is 85.0. The smallest absolute Gasteiger partial charge is 0.447 e. The van der Waals surface area contributed by atoms with Gasteiger partial charge in [0.1, 0.15) is 98.6 Å². The summed E-state index contributed by atoms with van der Waals surface area (Å²) < 4.78 is 208. The second-order valence-corrected chi connectivity index (χ2v) is 46.6. The number of aryl methyl sites for hydroxylation is 1. The number of carbonyl (C=O) groups excluding carboxylic acids is 1. The first-order valence-electron chi connectivity index (χ1n) is 45.4. The van der Waals surface area contributed by atoms with Crippen molar-refractivity contribution in [3.8, 4) is 0 Å². The molecule has 0 aromatic carbocycles. The van der Waals surface area contributed by atoms with Crippen molar-refractivity contribution in [3.05, 3.63) is 120 Å². The number of nitrogens with zero attached hydrogens (tertiary/aromatic N) is 27. The Morgan fingerprint density at radius 1 is 0.451 bits per heavy atom. The predicted molar refractivity (Wildman–Crippen MR) is 508 cm³/mol. The van der Waals surface area contributed by atoms with Gasteiger partial charge >= 0.3 is 70.7 Å². The third-order valence-corrected chi connectivity index (χ3v) is 35.3. The van der Waals surface area contributed by atoms with Crippen LogP contribution >= 0.6 is 47.5 Å². The zero-order chi connectivity index (χ0) is 102. The number of likely N-dealkylation sites (N-methyl/N-ethyl adjacent to an activating group) is 1. The Hall–Kier alpha value is -9.85. The van der Waals surface area contributed by atoms with Gasteiger partial charge in [-0.1, -0.05) is 14.0 Å². The van der Waals surface area contributed by atoms with Crippen LogP contribution in [-0.2, 0) is 97.2 Å². The molecule has 16 rings (SSSR count). The molecular weight excluding hydrogens is 2020 g/mol. The van der Waals surface area contributed by atoms with Gasteiger partial charge in [0.15, 0.2) is 59.0 Å². The van der Waals surface area contributed by atoms with E-state index in [-0.39, 0.29) is 219 Å². The molecule has 13 N–H and O–H groups in total. The largest absolute Gasteiger partial charge is 0.616 e. The number of aliphatic hydroxyl groups excluding tert-OH is 1. The second kappa shape index (κ2) is 46.7. The molecule has 7 fully saturated rings. The van der Waals surface area contributed by atoms with Gasteiger partial charge in [0.05, 0.1) is 143 Å². The van der Waals surface area contributed by atoms with E-state index in [4.69, 9.17) is 104 Å². The van der Waals surface area contributed by atoms with Gasteiger partial charge in [-0.25, -0.2) is 82.1 Å². The third kappa shape index (κ3) is 24.6. The van der Waals surface area contributed by atoms with E-state index in [0.717, 1.165) is 9.13 Å². The monoisotopic (exact) mass is 2140 g/mol. The van der Waals surface area contributed by atoms with Crippen LogP contribution in [0.25, 0.3) is 33.5 Å². The number of aromatic nitrogens is 18. The van der Waals surface area contributed by atoms with Gasteiger partial charge < -0.3 is 94.9 Å². The van der Waals surface area contributed by atoms with Gasteiger partial charge in [0.25, 0.3) is 11.1 Å². The maximum absolute atomic E-state index is 16.5. The number of rotatable bonds is 41. The number of amides is 1. The number of carbonyl (C=O) groups is 1. The number of fused-ring (bicyclic) bond motifs is 3. The van der Waals surface area contributed by atoms with Crippen LogP contribution in [0, 0.1) is 6.92 Å². The van der Waals surface area contributed by atoms with Crippen LogP contribution in [-0.4, -0.2) is 420 Å². The molecule has 0 radical (unpaired) electrons. The Morgan fingerprint density at radius 3 is 1.31 bits per heavy atom. The number of anilines is 5. The zero-order valence-electron chi connectivity index (χ0n) is 79.6. The molecule has 0 bridgehead atoms. The third-order valence-electron chi connectivity index (χ3n) is 24.2. The van der Waals surface area contributed by atoms with Crippen LogP contribution in [0.3, 0.4) is 0 Å². The van der Waals surface area contributed by atoms with Crippen molar-refractivity contribution in [2.45, 2.75) is 80.9 Å². The molecule has 9 aromatic rings. The van der Waals surface area contributed by atoms with Crippen molar-refractivity contribution in [1.29, 1.82) is 0 Å². The number of imidazole rings is 3. The Bertz CT molecular complexity index is 6570. The number of hydrogen-bond donors (Lipinski definition) is 8. The maximum Gasteiger partial charge on any atom is 0.616 e. The van der Waals surface area contributed by atoms with E-state index < -0.39 is 182 Å². The quantitative estimate of drug-likeness (QED) is 0.0164. The second-order valence-electron chi connectivity index (χ2n) is 34.9. The van der Waals surface area contributed by atoms with Gasteiger partial charge in [-0.15, -0.1) is 13.6 Å². The molecule has 7 saturated heterocycles. The molecule has 0 spiro atoms. The summed E-state index contributed by atoms with van der Waals surface area (Å²) in [5.41, 5.74) is 27.6. The topological polar surface area (TPSA) is 719 Å². The Labute approximate surface area is 821 Å². The van der Waals surface area contributed by atoms with Crippen LogP contribution in [0.2, 0.25) is 0 Å². The SMILES string of the molecule is Cc1cn(C2CN([P+](=O)OCC3CN(P(=O)(OCC4CN(C)CC(n5ccc(N)nc5=O)O4)N(C)C)CC(n4cnc5c(=O)[nH]c(N)nc54)O3)CC(CO[P+](=O)N3CC(COP(=O)(N(C)C)N4CC(COP(=O)(N(C)C)N5CC(CO[P+](=O)N6CCN(C(=O)OCCOCCOCCO)CC6)OC(n6ccc(N)nc6=O)C5)OC(n5cnc6c(N)ncnc65)C4)OC(n4cnc5c(N)ncnc54)C3)O2)c(=O)[nH]c1=O. The van der Waals surface area contributed by atoms with Crippen molar-refractivity contribution < 1.29 is 107 Å². The van der Waals surface area contributed by atoms with E-state index in [1.165, 1.54) is 153 Å². The number of aliphatic hydroxyl groups is 1. The van der Waals surface area contributed by atoms with Crippen LogP contribution in [0.15, 0.2) is 86.3 Å². The van der Waals surface area contributed by atoms with Crippen molar-refractivity contribution in [2.75, 3.05) is 262 Å². The number of nitrogens with two attached hydrogens (primary N) is 5. The first-order valence-corrected chi connectivity index (χ1v) is 53.4. The van der Waals surface area contributed by atoms with E-state index in [9.17, 15) is 33.3 Å². The average Bonchev–Trinajstić information content (AvgIpc) is 1.74. The number of H-pyrrole nitrogens is 2. The highest BCUT2D eigenvalue weighted by Gasteiger charge is 2.53. The fourth-order valence-electron chi connectivity index (χ4n) is 17.0. The van der Waals surface area contributed by atoms with Gasteiger partial charge in [0.2, 0.25) is 5.95 Å². The lowest BCUT2D eigenvalue weighted by Gasteiger charge is -2.45. The highest BCUT2D eigenvalue weighted by atomic mass is 31.2. The van der Waals surface area contributed by atoms with E-state index in [0.29, 0.717) is 6.54 Å². The molecule has 0 aliphatic carbocycles. The first-order chi connectivity index (χ1) is 68.9. The highest BCUT2D eigenvalue weighted by molar-refractivity contribution is 7.54. The molecule has 68 heteroatoms. The van der Waals surface area contributed by atoms with Crippen LogP contribution in [0.1, 0.15) is 42.9 Å². The molecule has 784 valence electrons. The molecule has 9 aromatic heterocycles. The van der Waals surface area contributed by atoms with Crippen LogP contribution < -0.4 is 56.9 Å². The van der Waals surface area contributed by atoms with Gasteiger partial charge in [-0.2, -0.15) is 15.0 Å². The lowest BCUT2D eigenvalue weighted by molar-refractivity contribution is -0.133. The molecule has 18 atom stereocenters. The summed E-state index contributed by atoms with van der Waals surface area (Å²) in [6, 6.07) is 2.84. The van der Waals surface area contributed by atoms with E-state index in [1.807, 2.05) is 11.9 Å². The molecule has 144 heavy (non-hydrogen) atoms. The molecule has 7 aliphatic rings. The normalized spacial score (nSPS) is 25.2. The maximum atomic E-state index is 16.5. The van der Waals surface area contributed by atoms with E-state index in [2.05, 4.69) is 59.8 Å². The van der Waals surface area contributed by atoms with Gasteiger partial charge in [-0.3, -0.25) is 65.6 Å². The molecule has 1 amide bonds. The number of nitrogen functional groups attached to an aromatic ring is 5. The molecule has 62 nitrogen and oxygen atoms in total.